The first-order valence-corrected chi connectivity index (χ1v) is 10.2. The molecule has 1 aliphatic heterocycles. The number of nitrogens with one attached hydrogen (secondary N) is 3. The minimum atomic E-state index is -0.917. The van der Waals surface area contributed by atoms with Gasteiger partial charge in [-0.2, -0.15) is 0 Å². The van der Waals surface area contributed by atoms with Crippen LogP contribution >= 0.6 is 11.6 Å². The lowest BCUT2D eigenvalue weighted by Gasteiger charge is -2.24. The molecule has 1 saturated heterocycles. The minimum absolute atomic E-state index is 0.0274. The van der Waals surface area contributed by atoms with E-state index in [0.29, 0.717) is 25.1 Å². The molecule has 2 heterocycles. The van der Waals surface area contributed by atoms with Crippen molar-refractivity contribution in [3.8, 4) is 0 Å². The van der Waals surface area contributed by atoms with Crippen LogP contribution in [0.5, 0.6) is 0 Å². The Morgan fingerprint density at radius 3 is 2.84 bits per heavy atom. The molecular weight excluding hydrogens is 439 g/mol. The second-order valence-electron chi connectivity index (χ2n) is 7.19. The van der Waals surface area contributed by atoms with Gasteiger partial charge in [0.05, 0.1) is 11.6 Å². The molecule has 0 radical (unpaired) electrons. The zero-order chi connectivity index (χ0) is 23.3. The lowest BCUT2D eigenvalue weighted by Crippen LogP contribution is -2.47. The number of halogens is 2. The molecule has 0 unspecified atom stereocenters. The van der Waals surface area contributed by atoms with Gasteiger partial charge in [0.1, 0.15) is 17.6 Å². The fourth-order valence-electron chi connectivity index (χ4n) is 3.48. The van der Waals surface area contributed by atoms with E-state index in [0.717, 1.165) is 0 Å². The van der Waals surface area contributed by atoms with Crippen LogP contribution in [0.1, 0.15) is 24.0 Å². The van der Waals surface area contributed by atoms with Crippen LogP contribution < -0.4 is 16.4 Å². The second kappa shape index (κ2) is 10.2. The van der Waals surface area contributed by atoms with E-state index >= 15 is 0 Å². The normalized spacial score (nSPS) is 15.3. The van der Waals surface area contributed by atoms with Crippen molar-refractivity contribution < 1.29 is 18.8 Å². The molecule has 5 N–H and O–H groups in total. The van der Waals surface area contributed by atoms with E-state index in [4.69, 9.17) is 22.7 Å². The average Bonchev–Trinajstić information content (AvgIpc) is 3.28. The number of hydrogen-bond acceptors (Lipinski definition) is 6. The highest BCUT2D eigenvalue weighted by molar-refractivity contribution is 6.44. The summed E-state index contributed by atoms with van der Waals surface area (Å²) in [6.07, 6.45) is 3.90. The lowest BCUT2D eigenvalue weighted by molar-refractivity contribution is -0.137. The molecule has 0 aliphatic carbocycles. The van der Waals surface area contributed by atoms with E-state index in [2.05, 4.69) is 15.6 Å². The molecule has 1 aromatic heterocycles. The van der Waals surface area contributed by atoms with E-state index in [1.807, 2.05) is 0 Å². The fraction of sp³-hybridized carbons (Fsp3) is 0.286. The number of benzene rings is 1. The number of likely N-dealkylation sites (tertiary alicyclic amines) is 1. The van der Waals surface area contributed by atoms with Gasteiger partial charge < -0.3 is 21.3 Å². The Morgan fingerprint density at radius 1 is 1.31 bits per heavy atom. The molecule has 2 aromatic rings. The molecule has 0 bridgehead atoms. The maximum Gasteiger partial charge on any atom is 0.267 e. The monoisotopic (exact) mass is 460 g/mol. The highest BCUT2D eigenvalue weighted by Crippen LogP contribution is 2.20. The molecule has 168 valence electrons. The number of nitrogens with two attached hydrogens (primary N) is 1. The van der Waals surface area contributed by atoms with Gasteiger partial charge in [0.25, 0.3) is 5.91 Å². The van der Waals surface area contributed by atoms with Gasteiger partial charge in [0, 0.05) is 42.3 Å². The number of pyridine rings is 1. The molecule has 1 aromatic carbocycles. The Hall–Kier alpha value is -3.53. The van der Waals surface area contributed by atoms with Gasteiger partial charge in [-0.1, -0.05) is 23.7 Å². The summed E-state index contributed by atoms with van der Waals surface area (Å²) in [6, 6.07) is 5.39. The highest BCUT2D eigenvalue weighted by atomic mass is 35.5. The van der Waals surface area contributed by atoms with Crippen molar-refractivity contribution in [1.82, 2.24) is 15.2 Å². The Morgan fingerprint density at radius 2 is 2.09 bits per heavy atom. The third-order valence-electron chi connectivity index (χ3n) is 5.13. The Labute approximate surface area is 188 Å². The van der Waals surface area contributed by atoms with E-state index in [9.17, 15) is 18.8 Å². The maximum absolute atomic E-state index is 14.0. The van der Waals surface area contributed by atoms with Gasteiger partial charge in [-0.05, 0) is 25.0 Å². The summed E-state index contributed by atoms with van der Waals surface area (Å²) in [5.41, 5.74) is 5.52. The predicted molar refractivity (Wildman–Crippen MR) is 117 cm³/mol. The zero-order valence-electron chi connectivity index (χ0n) is 17.0. The number of carbonyl (C=O) groups is 3. The molecule has 1 atom stereocenters. The van der Waals surface area contributed by atoms with Crippen molar-refractivity contribution in [2.75, 3.05) is 18.4 Å². The van der Waals surface area contributed by atoms with Gasteiger partial charge in [-0.25, -0.2) is 4.39 Å². The Bertz CT molecular complexity index is 1060. The van der Waals surface area contributed by atoms with E-state index in [1.54, 1.807) is 6.07 Å². The van der Waals surface area contributed by atoms with E-state index < -0.39 is 23.5 Å². The third kappa shape index (κ3) is 5.20. The summed E-state index contributed by atoms with van der Waals surface area (Å²) in [5.74, 6) is -2.22. The molecule has 9 nitrogen and oxygen atoms in total. The summed E-state index contributed by atoms with van der Waals surface area (Å²) in [5, 5.41) is 13.3. The smallest absolute Gasteiger partial charge is 0.267 e. The Kier molecular flexibility index (Phi) is 7.37. The topological polar surface area (TPSA) is 141 Å². The van der Waals surface area contributed by atoms with Crippen molar-refractivity contribution in [2.24, 2.45) is 5.73 Å². The van der Waals surface area contributed by atoms with Crippen LogP contribution in [-0.2, 0) is 20.9 Å². The second-order valence-corrected chi connectivity index (χ2v) is 7.60. The van der Waals surface area contributed by atoms with Gasteiger partial charge >= 0.3 is 0 Å². The molecule has 0 saturated carbocycles. The minimum Gasteiger partial charge on any atom is -0.376 e. The highest BCUT2D eigenvalue weighted by Gasteiger charge is 2.33. The SMILES string of the molecule is N=C(C(N)=O)c1cnccc1NCC(=O)N1CCC[C@H]1C(=O)NCc1cccc(Cl)c1F. The summed E-state index contributed by atoms with van der Waals surface area (Å²) in [6.45, 7) is 0.206. The molecule has 0 spiro atoms. The number of nitrogens with zero attached hydrogens (tertiary/aromatic N) is 2. The number of aromatic nitrogens is 1. The van der Waals surface area contributed by atoms with Gasteiger partial charge in [0.15, 0.2) is 0 Å². The Balaban J connectivity index is 1.61. The largest absolute Gasteiger partial charge is 0.376 e. The van der Waals surface area contributed by atoms with E-state index in [-0.39, 0.29) is 41.1 Å². The summed E-state index contributed by atoms with van der Waals surface area (Å²) in [4.78, 5) is 42.1. The molecule has 11 heteroatoms. The van der Waals surface area contributed by atoms with Crippen molar-refractivity contribution in [1.29, 1.82) is 5.41 Å². The van der Waals surface area contributed by atoms with Crippen molar-refractivity contribution in [3.63, 3.8) is 0 Å². The van der Waals surface area contributed by atoms with Crippen LogP contribution in [0.2, 0.25) is 5.02 Å². The first kappa shape index (κ1) is 23.1. The molecule has 1 aliphatic rings. The fourth-order valence-corrected chi connectivity index (χ4v) is 3.67. The number of carbonyl (C=O) groups excluding carboxylic acids is 3. The molecule has 32 heavy (non-hydrogen) atoms. The maximum atomic E-state index is 14.0. The van der Waals surface area contributed by atoms with Crippen LogP contribution in [0.15, 0.2) is 36.7 Å². The summed E-state index contributed by atoms with van der Waals surface area (Å²) in [7, 11) is 0. The average molecular weight is 461 g/mol. The number of rotatable bonds is 8. The third-order valence-corrected chi connectivity index (χ3v) is 5.42. The van der Waals surface area contributed by atoms with Crippen molar-refractivity contribution >= 4 is 40.7 Å². The first-order chi connectivity index (χ1) is 15.3. The van der Waals surface area contributed by atoms with Crippen LogP contribution in [0.3, 0.4) is 0 Å². The van der Waals surface area contributed by atoms with Crippen LogP contribution in [0.4, 0.5) is 10.1 Å². The van der Waals surface area contributed by atoms with Crippen molar-refractivity contribution in [2.45, 2.75) is 25.4 Å². The van der Waals surface area contributed by atoms with Crippen LogP contribution in [0, 0.1) is 11.2 Å². The van der Waals surface area contributed by atoms with Crippen LogP contribution in [0.25, 0.3) is 0 Å². The molecule has 3 amide bonds. The van der Waals surface area contributed by atoms with Gasteiger partial charge in [0.2, 0.25) is 11.8 Å². The standard InChI is InChI=1S/C21H22ClFN6O3/c22-14-4-1-3-12(18(14)23)9-28-21(32)16-5-2-8-29(16)17(30)11-27-15-6-7-26-10-13(15)19(24)20(25)31/h1,3-4,6-7,10,16,24H,2,5,8-9,11H2,(H2,25,31)(H,26,27)(H,28,32)/t16-/m0/s1. The van der Waals surface area contributed by atoms with Gasteiger partial charge in [-0.15, -0.1) is 0 Å². The lowest BCUT2D eigenvalue weighted by atomic mass is 10.1. The first-order valence-electron chi connectivity index (χ1n) is 9.86. The quantitative estimate of drug-likeness (QED) is 0.441. The predicted octanol–water partition coefficient (Wildman–Crippen LogP) is 1.45. The summed E-state index contributed by atoms with van der Waals surface area (Å²) < 4.78 is 14.0. The summed E-state index contributed by atoms with van der Waals surface area (Å²) >= 11 is 5.76. The van der Waals surface area contributed by atoms with Crippen molar-refractivity contribution in [3.05, 3.63) is 58.6 Å². The molecule has 3 rings (SSSR count). The van der Waals surface area contributed by atoms with Crippen LogP contribution in [-0.4, -0.2) is 52.4 Å². The number of primary amides is 1. The molecular formula is C21H22ClFN6O3. The van der Waals surface area contributed by atoms with Gasteiger partial charge in [-0.3, -0.25) is 24.8 Å². The number of anilines is 1. The zero-order valence-corrected chi connectivity index (χ0v) is 17.8. The van der Waals surface area contributed by atoms with E-state index in [1.165, 1.54) is 35.5 Å². The number of amides is 3. The molecule has 1 fully saturated rings. The number of hydrogen-bond donors (Lipinski definition) is 4.